The van der Waals surface area contributed by atoms with Crippen LogP contribution >= 0.6 is 22.9 Å². The second-order valence-corrected chi connectivity index (χ2v) is 6.10. The summed E-state index contributed by atoms with van der Waals surface area (Å²) in [4.78, 5) is 10.5. The van der Waals surface area contributed by atoms with Gasteiger partial charge < -0.3 is 5.32 Å². The molecule has 0 radical (unpaired) electrons. The third-order valence-corrected chi connectivity index (χ3v) is 4.89. The minimum atomic E-state index is 0.447. The molecule has 1 unspecified atom stereocenters. The number of halogens is 1. The highest BCUT2D eigenvalue weighted by Crippen LogP contribution is 2.38. The first-order valence-electron chi connectivity index (χ1n) is 6.63. The zero-order valence-corrected chi connectivity index (χ0v) is 12.4. The Balaban J connectivity index is 2.00. The molecule has 0 aromatic carbocycles. The fourth-order valence-electron chi connectivity index (χ4n) is 2.51. The van der Waals surface area contributed by atoms with Crippen LogP contribution in [0, 0.1) is 0 Å². The lowest BCUT2D eigenvalue weighted by Crippen LogP contribution is -2.23. The summed E-state index contributed by atoms with van der Waals surface area (Å²) in [6.45, 7) is 3.13. The molecule has 0 amide bonds. The Morgan fingerprint density at radius 3 is 3.21 bits per heavy atom. The fourth-order valence-corrected chi connectivity index (χ4v) is 4.00. The zero-order chi connectivity index (χ0) is 13.2. The average Bonchev–Trinajstić information content (AvgIpc) is 2.84. The van der Waals surface area contributed by atoms with Crippen LogP contribution in [0.5, 0.6) is 0 Å². The quantitative estimate of drug-likeness (QED) is 0.934. The van der Waals surface area contributed by atoms with E-state index in [9.17, 15) is 0 Å². The highest BCUT2D eigenvalue weighted by molar-refractivity contribution is 7.15. The van der Waals surface area contributed by atoms with E-state index < -0.39 is 0 Å². The maximum Gasteiger partial charge on any atom is 0.143 e. The molecule has 5 heteroatoms. The van der Waals surface area contributed by atoms with Gasteiger partial charge in [-0.3, -0.25) is 4.98 Å². The highest BCUT2D eigenvalue weighted by Gasteiger charge is 2.25. The maximum atomic E-state index is 6.21. The van der Waals surface area contributed by atoms with E-state index in [1.54, 1.807) is 17.5 Å². The largest absolute Gasteiger partial charge is 0.309 e. The molecule has 0 spiro atoms. The number of aryl methyl sites for hydroxylation is 1. The molecule has 0 saturated carbocycles. The molecule has 2 aromatic rings. The van der Waals surface area contributed by atoms with Crippen molar-refractivity contribution in [3.63, 3.8) is 0 Å². The standard InChI is InChI=1S/C14H16ClN3S/c1-2-16-10-6-3-7-11-13(10)19-14(18-11)12-9(15)5-4-8-17-12/h4-5,8,10,16H,2-3,6-7H2,1H3. The highest BCUT2D eigenvalue weighted by atomic mass is 35.5. The molecule has 1 aliphatic carbocycles. The van der Waals surface area contributed by atoms with Gasteiger partial charge in [-0.05, 0) is 37.9 Å². The summed E-state index contributed by atoms with van der Waals surface area (Å²) >= 11 is 7.94. The number of nitrogens with zero attached hydrogens (tertiary/aromatic N) is 2. The molecule has 1 atom stereocenters. The first-order chi connectivity index (χ1) is 9.29. The van der Waals surface area contributed by atoms with E-state index in [0.717, 1.165) is 23.7 Å². The lowest BCUT2D eigenvalue weighted by molar-refractivity contribution is 0.476. The minimum absolute atomic E-state index is 0.447. The minimum Gasteiger partial charge on any atom is -0.309 e. The Labute approximate surface area is 122 Å². The number of fused-ring (bicyclic) bond motifs is 1. The molecule has 0 saturated heterocycles. The first kappa shape index (κ1) is 13.0. The Morgan fingerprint density at radius 2 is 2.42 bits per heavy atom. The summed E-state index contributed by atoms with van der Waals surface area (Å²) in [5.41, 5.74) is 2.03. The Hall–Kier alpha value is -0.970. The molecule has 2 heterocycles. The molecule has 1 aliphatic rings. The van der Waals surface area contributed by atoms with Crippen LogP contribution in [0.1, 0.15) is 36.4 Å². The molecular formula is C14H16ClN3S. The van der Waals surface area contributed by atoms with Gasteiger partial charge in [0.05, 0.1) is 10.7 Å². The summed E-state index contributed by atoms with van der Waals surface area (Å²) in [5, 5.41) is 5.16. The van der Waals surface area contributed by atoms with E-state index in [-0.39, 0.29) is 0 Å². The van der Waals surface area contributed by atoms with Gasteiger partial charge in [-0.1, -0.05) is 18.5 Å². The third-order valence-electron chi connectivity index (χ3n) is 3.36. The number of hydrogen-bond acceptors (Lipinski definition) is 4. The van der Waals surface area contributed by atoms with E-state index in [1.807, 2.05) is 12.1 Å². The predicted octanol–water partition coefficient (Wildman–Crippen LogP) is 3.85. The van der Waals surface area contributed by atoms with Crippen molar-refractivity contribution >= 4 is 22.9 Å². The summed E-state index contributed by atoms with van der Waals surface area (Å²) in [6.07, 6.45) is 5.23. The van der Waals surface area contributed by atoms with Gasteiger partial charge in [-0.25, -0.2) is 4.98 Å². The monoisotopic (exact) mass is 293 g/mol. The molecule has 19 heavy (non-hydrogen) atoms. The van der Waals surface area contributed by atoms with Gasteiger partial charge in [0.15, 0.2) is 0 Å². The van der Waals surface area contributed by atoms with Gasteiger partial charge in [0, 0.05) is 17.1 Å². The number of nitrogens with one attached hydrogen (secondary N) is 1. The van der Waals surface area contributed by atoms with Crippen LogP contribution in [0.3, 0.4) is 0 Å². The molecule has 0 bridgehead atoms. The second-order valence-electron chi connectivity index (χ2n) is 4.67. The van der Waals surface area contributed by atoms with Crippen molar-refractivity contribution in [1.82, 2.24) is 15.3 Å². The lowest BCUT2D eigenvalue weighted by atomic mass is 9.98. The number of aromatic nitrogens is 2. The first-order valence-corrected chi connectivity index (χ1v) is 7.83. The van der Waals surface area contributed by atoms with Crippen molar-refractivity contribution in [1.29, 1.82) is 0 Å². The number of rotatable bonds is 3. The zero-order valence-electron chi connectivity index (χ0n) is 10.8. The van der Waals surface area contributed by atoms with Crippen LogP contribution in [0.4, 0.5) is 0 Å². The molecule has 100 valence electrons. The molecule has 3 rings (SSSR count). The summed E-state index contributed by atoms with van der Waals surface area (Å²) in [6, 6.07) is 4.16. The molecule has 2 aromatic heterocycles. The Morgan fingerprint density at radius 1 is 1.53 bits per heavy atom. The van der Waals surface area contributed by atoms with Gasteiger partial charge in [0.25, 0.3) is 0 Å². The van der Waals surface area contributed by atoms with E-state index >= 15 is 0 Å². The van der Waals surface area contributed by atoms with Crippen LogP contribution in [-0.2, 0) is 6.42 Å². The van der Waals surface area contributed by atoms with E-state index in [1.165, 1.54) is 23.4 Å². The molecule has 1 N–H and O–H groups in total. The van der Waals surface area contributed by atoms with Crippen molar-refractivity contribution < 1.29 is 0 Å². The Kier molecular flexibility index (Phi) is 3.82. The van der Waals surface area contributed by atoms with Crippen molar-refractivity contribution in [2.24, 2.45) is 0 Å². The second kappa shape index (κ2) is 5.57. The molecule has 0 fully saturated rings. The molecule has 0 aliphatic heterocycles. The normalized spacial score (nSPS) is 18.3. The van der Waals surface area contributed by atoms with Crippen LogP contribution in [0.15, 0.2) is 18.3 Å². The van der Waals surface area contributed by atoms with Crippen LogP contribution in [-0.4, -0.2) is 16.5 Å². The van der Waals surface area contributed by atoms with E-state index in [2.05, 4.69) is 17.2 Å². The van der Waals surface area contributed by atoms with Crippen LogP contribution in [0.25, 0.3) is 10.7 Å². The van der Waals surface area contributed by atoms with Gasteiger partial charge in [0.2, 0.25) is 0 Å². The van der Waals surface area contributed by atoms with Crippen molar-refractivity contribution in [2.45, 2.75) is 32.2 Å². The summed E-state index contributed by atoms with van der Waals surface area (Å²) < 4.78 is 0. The van der Waals surface area contributed by atoms with Crippen LogP contribution < -0.4 is 5.32 Å². The van der Waals surface area contributed by atoms with Crippen molar-refractivity contribution in [2.75, 3.05) is 6.54 Å². The number of thiazole rings is 1. The molecular weight excluding hydrogens is 278 g/mol. The fraction of sp³-hybridized carbons (Fsp3) is 0.429. The smallest absolute Gasteiger partial charge is 0.143 e. The van der Waals surface area contributed by atoms with E-state index in [4.69, 9.17) is 16.6 Å². The summed E-state index contributed by atoms with van der Waals surface area (Å²) in [7, 11) is 0. The van der Waals surface area contributed by atoms with Gasteiger partial charge in [-0.15, -0.1) is 11.3 Å². The van der Waals surface area contributed by atoms with Crippen molar-refractivity contribution in [3.05, 3.63) is 33.9 Å². The SMILES string of the molecule is CCNC1CCCc2nc(-c3ncccc3Cl)sc21. The van der Waals surface area contributed by atoms with E-state index in [0.29, 0.717) is 11.1 Å². The number of pyridine rings is 1. The topological polar surface area (TPSA) is 37.8 Å². The Bertz CT molecular complexity index is 582. The molecule has 3 nitrogen and oxygen atoms in total. The van der Waals surface area contributed by atoms with Gasteiger partial charge in [0.1, 0.15) is 10.7 Å². The van der Waals surface area contributed by atoms with Gasteiger partial charge >= 0.3 is 0 Å². The average molecular weight is 294 g/mol. The van der Waals surface area contributed by atoms with Crippen molar-refractivity contribution in [3.8, 4) is 10.7 Å². The lowest BCUT2D eigenvalue weighted by Gasteiger charge is -2.21. The van der Waals surface area contributed by atoms with Crippen LogP contribution in [0.2, 0.25) is 5.02 Å². The third kappa shape index (κ3) is 2.53. The maximum absolute atomic E-state index is 6.21. The number of hydrogen-bond donors (Lipinski definition) is 1. The predicted molar refractivity (Wildman–Crippen MR) is 79.7 cm³/mol. The van der Waals surface area contributed by atoms with Gasteiger partial charge in [-0.2, -0.15) is 0 Å². The summed E-state index contributed by atoms with van der Waals surface area (Å²) in [5.74, 6) is 0.